The molecule has 0 N–H and O–H groups in total. The van der Waals surface area contributed by atoms with Gasteiger partial charge in [-0.25, -0.2) is 0 Å². The Bertz CT molecular complexity index is 1040. The summed E-state index contributed by atoms with van der Waals surface area (Å²) in [5.41, 5.74) is -0.310. The van der Waals surface area contributed by atoms with Crippen molar-refractivity contribution in [1.82, 2.24) is 5.01 Å². The number of benzene rings is 2. The highest BCUT2D eigenvalue weighted by Crippen LogP contribution is 2.45. The summed E-state index contributed by atoms with van der Waals surface area (Å²) in [5.74, 6) is 0.426. The van der Waals surface area contributed by atoms with Crippen LogP contribution in [0.4, 0.5) is 0 Å². The molecule has 0 saturated carbocycles. The van der Waals surface area contributed by atoms with E-state index in [1.807, 2.05) is 20.8 Å². The van der Waals surface area contributed by atoms with Crippen molar-refractivity contribution in [3.8, 4) is 11.5 Å². The molecule has 2 aromatic rings. The van der Waals surface area contributed by atoms with Crippen LogP contribution in [0.25, 0.3) is 0 Å². The first-order chi connectivity index (χ1) is 14.6. The number of hydrogen-bond acceptors (Lipinski definition) is 6. The van der Waals surface area contributed by atoms with Gasteiger partial charge in [0.1, 0.15) is 11.5 Å². The molecule has 2 aromatic carbocycles. The minimum atomic E-state index is -1.18. The molecule has 2 amide bonds. The predicted octanol–water partition coefficient (Wildman–Crippen LogP) is 4.57. The summed E-state index contributed by atoms with van der Waals surface area (Å²) in [6.07, 6.45) is 0. The van der Waals surface area contributed by atoms with E-state index in [2.05, 4.69) is 15.3 Å². The Morgan fingerprint density at radius 2 is 1.35 bits per heavy atom. The number of nitrogens with zero attached hydrogens (tertiary/aromatic N) is 4. The van der Waals surface area contributed by atoms with Crippen LogP contribution >= 0.6 is 0 Å². The number of rotatable bonds is 5. The number of hydrogen-bond donors (Lipinski definition) is 0. The Morgan fingerprint density at radius 1 is 0.871 bits per heavy atom. The number of azo groups is 1. The van der Waals surface area contributed by atoms with Crippen molar-refractivity contribution >= 4 is 17.5 Å². The number of amides is 2. The van der Waals surface area contributed by atoms with E-state index in [1.165, 1.54) is 5.01 Å². The Morgan fingerprint density at radius 3 is 1.84 bits per heavy atom. The molecule has 8 heteroatoms. The minimum absolute atomic E-state index is 0.342. The fraction of sp³-hybridized carbons (Fsp3) is 0.348. The second kappa shape index (κ2) is 8.29. The smallest absolute Gasteiger partial charge is 0.295 e. The molecular weight excluding hydrogens is 396 g/mol. The van der Waals surface area contributed by atoms with Crippen molar-refractivity contribution in [2.45, 2.75) is 33.4 Å². The molecular formula is C23H26N4O4. The van der Waals surface area contributed by atoms with E-state index in [0.717, 1.165) is 0 Å². The molecule has 0 aromatic heterocycles. The van der Waals surface area contributed by atoms with Crippen LogP contribution in [0.3, 0.4) is 0 Å². The third kappa shape index (κ3) is 3.93. The van der Waals surface area contributed by atoms with Crippen LogP contribution in [0.1, 0.15) is 48.4 Å². The fourth-order valence-electron chi connectivity index (χ4n) is 3.18. The van der Waals surface area contributed by atoms with Gasteiger partial charge in [-0.2, -0.15) is 15.2 Å². The number of methoxy groups -OCH3 is 2. The molecule has 0 radical (unpaired) electrons. The highest BCUT2D eigenvalue weighted by Gasteiger charge is 2.55. The van der Waals surface area contributed by atoms with Crippen molar-refractivity contribution in [1.29, 1.82) is 0 Å². The molecule has 1 unspecified atom stereocenters. The summed E-state index contributed by atoms with van der Waals surface area (Å²) < 4.78 is 10.3. The highest BCUT2D eigenvalue weighted by molar-refractivity contribution is 6.00. The molecule has 0 aliphatic carbocycles. The second-order valence-corrected chi connectivity index (χ2v) is 7.91. The van der Waals surface area contributed by atoms with E-state index in [4.69, 9.17) is 9.47 Å². The van der Waals surface area contributed by atoms with Gasteiger partial charge in [-0.05, 0) is 62.4 Å². The number of ether oxygens (including phenoxy) is 2. The first-order valence-corrected chi connectivity index (χ1v) is 9.79. The maximum Gasteiger partial charge on any atom is 0.295 e. The minimum Gasteiger partial charge on any atom is -0.497 e. The largest absolute Gasteiger partial charge is 0.497 e. The summed E-state index contributed by atoms with van der Waals surface area (Å²) in [5, 5.41) is 14.1. The number of carbonyl (C=O) groups is 2. The van der Waals surface area contributed by atoms with E-state index in [9.17, 15) is 9.59 Å². The van der Waals surface area contributed by atoms with E-state index in [0.29, 0.717) is 28.3 Å². The van der Waals surface area contributed by atoms with Crippen LogP contribution < -0.4 is 9.47 Å². The monoisotopic (exact) mass is 422 g/mol. The predicted molar refractivity (Wildman–Crippen MR) is 117 cm³/mol. The van der Waals surface area contributed by atoms with Gasteiger partial charge in [0.2, 0.25) is 0 Å². The lowest BCUT2D eigenvalue weighted by Gasteiger charge is -2.37. The van der Waals surface area contributed by atoms with Crippen molar-refractivity contribution in [3.05, 3.63) is 59.7 Å². The molecule has 1 heterocycles. The quantitative estimate of drug-likeness (QED) is 0.660. The van der Waals surface area contributed by atoms with Gasteiger partial charge in [0, 0.05) is 16.8 Å². The molecule has 1 atom stereocenters. The van der Waals surface area contributed by atoms with Gasteiger partial charge in [-0.1, -0.05) is 13.8 Å². The molecule has 0 spiro atoms. The molecule has 0 fully saturated rings. The molecule has 0 bridgehead atoms. The van der Waals surface area contributed by atoms with Crippen molar-refractivity contribution in [3.63, 3.8) is 0 Å². The molecule has 1 aliphatic rings. The topological polar surface area (TPSA) is 92.9 Å². The van der Waals surface area contributed by atoms with Crippen molar-refractivity contribution < 1.29 is 19.1 Å². The molecule has 1 aliphatic heterocycles. The van der Waals surface area contributed by atoms with Crippen LogP contribution in [0.15, 0.2) is 63.9 Å². The second-order valence-electron chi connectivity index (χ2n) is 7.91. The summed E-state index contributed by atoms with van der Waals surface area (Å²) in [4.78, 5) is 25.9. The Labute approximate surface area is 181 Å². The summed E-state index contributed by atoms with van der Waals surface area (Å²) in [6.45, 7) is 7.42. The van der Waals surface area contributed by atoms with Gasteiger partial charge in [0.25, 0.3) is 11.8 Å². The van der Waals surface area contributed by atoms with Crippen molar-refractivity contribution in [2.75, 3.05) is 14.2 Å². The van der Waals surface area contributed by atoms with Crippen LogP contribution in [0.2, 0.25) is 0 Å². The fourth-order valence-corrected chi connectivity index (χ4v) is 3.18. The first-order valence-electron chi connectivity index (χ1n) is 9.79. The Kier molecular flexibility index (Phi) is 5.92. The van der Waals surface area contributed by atoms with Gasteiger partial charge in [0.05, 0.1) is 19.6 Å². The van der Waals surface area contributed by atoms with E-state index in [-0.39, 0.29) is 5.91 Å². The summed E-state index contributed by atoms with van der Waals surface area (Å²) >= 11 is 0. The number of hydrazone groups is 1. The number of carbonyl (C=O) groups excluding carboxylic acids is 2. The van der Waals surface area contributed by atoms with Gasteiger partial charge < -0.3 is 9.47 Å². The van der Waals surface area contributed by atoms with Crippen molar-refractivity contribution in [2.24, 2.45) is 20.7 Å². The molecule has 31 heavy (non-hydrogen) atoms. The van der Waals surface area contributed by atoms with Crippen LogP contribution in [0.5, 0.6) is 11.5 Å². The molecule has 3 rings (SSSR count). The molecule has 0 saturated heterocycles. The van der Waals surface area contributed by atoms with Gasteiger partial charge in [-0.15, -0.1) is 5.11 Å². The zero-order chi connectivity index (χ0) is 22.8. The zero-order valence-corrected chi connectivity index (χ0v) is 18.5. The summed E-state index contributed by atoms with van der Waals surface area (Å²) in [6, 6.07) is 13.3. The zero-order valence-electron chi connectivity index (χ0n) is 18.5. The third-order valence-electron chi connectivity index (χ3n) is 5.95. The average molecular weight is 422 g/mol. The summed E-state index contributed by atoms with van der Waals surface area (Å²) in [7, 11) is 3.11. The van der Waals surface area contributed by atoms with E-state index >= 15 is 0 Å². The Balaban J connectivity index is 1.92. The lowest BCUT2D eigenvalue weighted by molar-refractivity contribution is 0.0386. The van der Waals surface area contributed by atoms with Crippen LogP contribution in [-0.4, -0.2) is 42.4 Å². The average Bonchev–Trinajstić information content (AvgIpc) is 2.97. The van der Waals surface area contributed by atoms with E-state index in [1.54, 1.807) is 69.7 Å². The van der Waals surface area contributed by atoms with E-state index < -0.39 is 17.0 Å². The van der Waals surface area contributed by atoms with Gasteiger partial charge >= 0.3 is 0 Å². The lowest BCUT2D eigenvalue weighted by Crippen LogP contribution is -2.51. The molecule has 8 nitrogen and oxygen atoms in total. The molecule has 162 valence electrons. The Hall–Kier alpha value is -3.55. The van der Waals surface area contributed by atoms with Gasteiger partial charge in [0.15, 0.2) is 5.66 Å². The normalized spacial score (nSPS) is 19.9. The van der Waals surface area contributed by atoms with Gasteiger partial charge in [-0.3, -0.25) is 9.59 Å². The van der Waals surface area contributed by atoms with Crippen LogP contribution in [-0.2, 0) is 0 Å². The van der Waals surface area contributed by atoms with Crippen LogP contribution in [0, 0.1) is 5.41 Å². The maximum absolute atomic E-state index is 13.3. The third-order valence-corrected chi connectivity index (χ3v) is 5.95. The lowest BCUT2D eigenvalue weighted by atomic mass is 9.77. The first kappa shape index (κ1) is 22.1. The standard InChI is InChI=1S/C23H26N4O4/c1-15-22(2,3)23(4,26-24-20(28)16-7-11-18(30-5)12-8-16)27(25-15)21(29)17-9-13-19(31-6)14-10-17/h7-14H,1-6H3. The maximum atomic E-state index is 13.3. The SMILES string of the molecule is COc1ccc(C(=O)N=NC2(C)N(C(=O)c3ccc(OC)cc3)N=C(C)C2(C)C)cc1. The highest BCUT2D eigenvalue weighted by atomic mass is 16.5.